The molecule has 4 nitrogen and oxygen atoms in total. The fraction of sp³-hybridized carbons (Fsp3) is 0.800. The molecule has 2 atom stereocenters. The van der Waals surface area contributed by atoms with Gasteiger partial charge in [0.15, 0.2) is 0 Å². The van der Waals surface area contributed by atoms with Crippen LogP contribution in [0, 0.1) is 5.92 Å². The van der Waals surface area contributed by atoms with Crippen LogP contribution in [0.4, 0.5) is 0 Å². The molecule has 2 rings (SSSR count). The molecule has 108 valence electrons. The summed E-state index contributed by atoms with van der Waals surface area (Å²) in [7, 11) is 0. The van der Waals surface area contributed by atoms with Crippen molar-refractivity contribution >= 4 is 0 Å². The van der Waals surface area contributed by atoms with Crippen molar-refractivity contribution in [1.29, 1.82) is 0 Å². The molecule has 1 fully saturated rings. The Balaban J connectivity index is 2.11. The summed E-state index contributed by atoms with van der Waals surface area (Å²) in [6.07, 6.45) is 9.02. The van der Waals surface area contributed by atoms with E-state index in [1.54, 1.807) is 0 Å². The molecule has 1 aliphatic heterocycles. The van der Waals surface area contributed by atoms with Crippen molar-refractivity contribution < 1.29 is 0 Å². The van der Waals surface area contributed by atoms with Gasteiger partial charge in [-0.3, -0.25) is 4.90 Å². The first-order valence-corrected chi connectivity index (χ1v) is 7.70. The van der Waals surface area contributed by atoms with Gasteiger partial charge in [0.05, 0.1) is 18.1 Å². The van der Waals surface area contributed by atoms with Crippen LogP contribution in [0.25, 0.3) is 0 Å². The zero-order valence-electron chi connectivity index (χ0n) is 12.4. The minimum Gasteiger partial charge on any atom is -0.333 e. The highest BCUT2D eigenvalue weighted by atomic mass is 15.2. The lowest BCUT2D eigenvalue weighted by molar-refractivity contribution is 0.199. The molecule has 2 N–H and O–H groups in total. The first-order chi connectivity index (χ1) is 9.26. The van der Waals surface area contributed by atoms with E-state index < -0.39 is 0 Å². The van der Waals surface area contributed by atoms with E-state index in [2.05, 4.69) is 28.3 Å². The van der Waals surface area contributed by atoms with Crippen LogP contribution in [-0.2, 0) is 6.54 Å². The molecule has 0 aliphatic carbocycles. The summed E-state index contributed by atoms with van der Waals surface area (Å²) < 4.78 is 2.27. The minimum absolute atomic E-state index is 0.333. The van der Waals surface area contributed by atoms with Gasteiger partial charge in [-0.1, -0.05) is 13.8 Å². The van der Waals surface area contributed by atoms with Gasteiger partial charge in [0.25, 0.3) is 0 Å². The van der Waals surface area contributed by atoms with Crippen LogP contribution in [0.5, 0.6) is 0 Å². The summed E-state index contributed by atoms with van der Waals surface area (Å²) in [5.41, 5.74) is 7.35. The maximum Gasteiger partial charge on any atom is 0.0948 e. The third-order valence-corrected chi connectivity index (χ3v) is 4.27. The van der Waals surface area contributed by atoms with Crippen molar-refractivity contribution in [3.63, 3.8) is 0 Å². The maximum absolute atomic E-state index is 6.06. The topological polar surface area (TPSA) is 47.1 Å². The summed E-state index contributed by atoms with van der Waals surface area (Å²) >= 11 is 0. The Bertz CT molecular complexity index is 374. The molecule has 1 saturated heterocycles. The molecule has 2 heterocycles. The molecule has 1 aromatic heterocycles. The van der Waals surface area contributed by atoms with E-state index in [9.17, 15) is 0 Å². The summed E-state index contributed by atoms with van der Waals surface area (Å²) in [5, 5.41) is 0. The number of aryl methyl sites for hydroxylation is 1. The molecule has 1 aromatic rings. The Kier molecular flexibility index (Phi) is 5.40. The molecule has 0 spiro atoms. The van der Waals surface area contributed by atoms with Crippen molar-refractivity contribution in [3.8, 4) is 0 Å². The van der Waals surface area contributed by atoms with E-state index >= 15 is 0 Å². The van der Waals surface area contributed by atoms with Crippen LogP contribution in [0.15, 0.2) is 12.5 Å². The van der Waals surface area contributed by atoms with Crippen molar-refractivity contribution in [2.45, 2.75) is 52.1 Å². The lowest BCUT2D eigenvalue weighted by Gasteiger charge is -2.30. The zero-order valence-corrected chi connectivity index (χ0v) is 12.4. The number of imidazole rings is 1. The third-order valence-electron chi connectivity index (χ3n) is 4.27. The molecule has 0 bridgehead atoms. The normalized spacial score (nSPS) is 23.2. The van der Waals surface area contributed by atoms with Gasteiger partial charge in [0, 0.05) is 19.3 Å². The molecule has 0 amide bonds. The Morgan fingerprint density at radius 1 is 1.42 bits per heavy atom. The molecule has 0 aromatic carbocycles. The first-order valence-electron chi connectivity index (χ1n) is 7.70. The average molecular weight is 264 g/mol. The van der Waals surface area contributed by atoms with Crippen molar-refractivity contribution in [3.05, 3.63) is 18.2 Å². The predicted molar refractivity (Wildman–Crippen MR) is 78.9 cm³/mol. The number of rotatable bonds is 5. The molecular weight excluding hydrogens is 236 g/mol. The van der Waals surface area contributed by atoms with Crippen LogP contribution in [0.1, 0.15) is 51.3 Å². The Morgan fingerprint density at radius 3 is 3.00 bits per heavy atom. The van der Waals surface area contributed by atoms with Crippen LogP contribution in [0.3, 0.4) is 0 Å². The van der Waals surface area contributed by atoms with Crippen LogP contribution < -0.4 is 5.73 Å². The lowest BCUT2D eigenvalue weighted by Crippen LogP contribution is -2.36. The summed E-state index contributed by atoms with van der Waals surface area (Å²) in [4.78, 5) is 6.89. The number of hydrogen-bond acceptors (Lipinski definition) is 3. The van der Waals surface area contributed by atoms with E-state index in [0.717, 1.165) is 18.9 Å². The van der Waals surface area contributed by atoms with Crippen LogP contribution in [-0.4, -0.2) is 34.1 Å². The highest BCUT2D eigenvalue weighted by molar-refractivity contribution is 5.07. The van der Waals surface area contributed by atoms with Gasteiger partial charge in [-0.25, -0.2) is 4.98 Å². The molecule has 0 saturated carbocycles. The summed E-state index contributed by atoms with van der Waals surface area (Å²) in [6, 6.07) is 0.333. The highest BCUT2D eigenvalue weighted by Gasteiger charge is 2.24. The number of likely N-dealkylation sites (tertiary alicyclic amines) is 1. The third kappa shape index (κ3) is 3.57. The standard InChI is InChI=1S/C15H28N4/c1-3-7-19-12-17-11-15(19)14(10-16)18-8-4-5-13(2)6-9-18/h11-14H,3-10,16H2,1-2H3. The fourth-order valence-corrected chi connectivity index (χ4v) is 3.09. The van der Waals surface area contributed by atoms with E-state index in [1.165, 1.54) is 38.0 Å². The van der Waals surface area contributed by atoms with Crippen molar-refractivity contribution in [1.82, 2.24) is 14.5 Å². The maximum atomic E-state index is 6.06. The molecular formula is C15H28N4. The first kappa shape index (κ1) is 14.5. The van der Waals surface area contributed by atoms with Gasteiger partial charge >= 0.3 is 0 Å². The van der Waals surface area contributed by atoms with Gasteiger partial charge in [-0.05, 0) is 44.7 Å². The van der Waals surface area contributed by atoms with Gasteiger partial charge in [0.1, 0.15) is 0 Å². The second-order valence-electron chi connectivity index (χ2n) is 5.84. The van der Waals surface area contributed by atoms with Gasteiger partial charge < -0.3 is 10.3 Å². The molecule has 1 aliphatic rings. The lowest BCUT2D eigenvalue weighted by atomic mass is 10.0. The average Bonchev–Trinajstić information content (AvgIpc) is 2.74. The monoisotopic (exact) mass is 264 g/mol. The Labute approximate surface area is 117 Å². The number of nitrogens with zero attached hydrogens (tertiary/aromatic N) is 3. The molecule has 0 radical (unpaired) electrons. The Morgan fingerprint density at radius 2 is 2.26 bits per heavy atom. The van der Waals surface area contributed by atoms with E-state index in [-0.39, 0.29) is 0 Å². The van der Waals surface area contributed by atoms with E-state index in [1.807, 2.05) is 12.5 Å². The summed E-state index contributed by atoms with van der Waals surface area (Å²) in [6.45, 7) is 8.63. The number of hydrogen-bond donors (Lipinski definition) is 1. The molecule has 4 heteroatoms. The zero-order chi connectivity index (χ0) is 13.7. The quantitative estimate of drug-likeness (QED) is 0.888. The molecule has 19 heavy (non-hydrogen) atoms. The second kappa shape index (κ2) is 7.06. The molecule has 2 unspecified atom stereocenters. The fourth-order valence-electron chi connectivity index (χ4n) is 3.09. The van der Waals surface area contributed by atoms with E-state index in [0.29, 0.717) is 12.6 Å². The second-order valence-corrected chi connectivity index (χ2v) is 5.84. The predicted octanol–water partition coefficient (Wildman–Crippen LogP) is 2.41. The van der Waals surface area contributed by atoms with Crippen LogP contribution in [0.2, 0.25) is 0 Å². The van der Waals surface area contributed by atoms with Gasteiger partial charge in [-0.2, -0.15) is 0 Å². The van der Waals surface area contributed by atoms with Crippen molar-refractivity contribution in [2.24, 2.45) is 11.7 Å². The minimum atomic E-state index is 0.333. The largest absolute Gasteiger partial charge is 0.333 e. The van der Waals surface area contributed by atoms with Crippen LogP contribution >= 0.6 is 0 Å². The van der Waals surface area contributed by atoms with E-state index in [4.69, 9.17) is 5.73 Å². The van der Waals surface area contributed by atoms with Gasteiger partial charge in [-0.15, -0.1) is 0 Å². The number of aromatic nitrogens is 2. The van der Waals surface area contributed by atoms with Crippen molar-refractivity contribution in [2.75, 3.05) is 19.6 Å². The van der Waals surface area contributed by atoms with Gasteiger partial charge in [0.2, 0.25) is 0 Å². The smallest absolute Gasteiger partial charge is 0.0948 e. The Hall–Kier alpha value is -0.870. The SMILES string of the molecule is CCCn1cncc1C(CN)N1CCCC(C)CC1. The highest BCUT2D eigenvalue weighted by Crippen LogP contribution is 2.25. The number of nitrogens with two attached hydrogens (primary N) is 1. The summed E-state index contributed by atoms with van der Waals surface area (Å²) in [5.74, 6) is 0.851.